The molecule has 1 aliphatic rings. The summed E-state index contributed by atoms with van der Waals surface area (Å²) in [6.07, 6.45) is 1.50. The van der Waals surface area contributed by atoms with Crippen molar-refractivity contribution in [3.05, 3.63) is 34.4 Å². The normalized spacial score (nSPS) is 16.7. The molecule has 1 fully saturated rings. The Morgan fingerprint density at radius 1 is 1.38 bits per heavy atom. The van der Waals surface area contributed by atoms with Crippen LogP contribution < -0.4 is 10.5 Å². The van der Waals surface area contributed by atoms with Crippen molar-refractivity contribution < 1.29 is 19.2 Å². The number of nitro benzene ring substituents is 1. The van der Waals surface area contributed by atoms with Gasteiger partial charge in [-0.1, -0.05) is 0 Å². The third kappa shape index (κ3) is 4.90. The van der Waals surface area contributed by atoms with Crippen LogP contribution in [0.15, 0.2) is 24.3 Å². The Hall–Kier alpha value is -2.19. The molecule has 0 aromatic heterocycles. The maximum Gasteiger partial charge on any atom is 0.269 e. The average Bonchev–Trinajstić information content (AvgIpc) is 2.60. The zero-order valence-corrected chi connectivity index (χ0v) is 13.7. The molecular formula is C16H23N3O5. The molecule has 0 bridgehead atoms. The monoisotopic (exact) mass is 337 g/mol. The zero-order chi connectivity index (χ0) is 17.5. The van der Waals surface area contributed by atoms with Gasteiger partial charge in [0.1, 0.15) is 11.9 Å². The summed E-state index contributed by atoms with van der Waals surface area (Å²) in [6, 6.07) is 6.04. The molecule has 132 valence electrons. The van der Waals surface area contributed by atoms with Crippen molar-refractivity contribution in [3.8, 4) is 5.75 Å². The first kappa shape index (κ1) is 18.2. The van der Waals surface area contributed by atoms with Gasteiger partial charge in [0, 0.05) is 51.7 Å². The minimum Gasteiger partial charge on any atom is -0.490 e. The molecule has 0 saturated carbocycles. The zero-order valence-electron chi connectivity index (χ0n) is 13.7. The molecule has 8 nitrogen and oxygen atoms in total. The lowest BCUT2D eigenvalue weighted by molar-refractivity contribution is -0.384. The number of hydrogen-bond donors (Lipinski definition) is 1. The van der Waals surface area contributed by atoms with Gasteiger partial charge >= 0.3 is 0 Å². The van der Waals surface area contributed by atoms with Gasteiger partial charge in [-0.15, -0.1) is 0 Å². The highest BCUT2D eigenvalue weighted by Gasteiger charge is 2.25. The number of carbonyl (C=O) groups excluding carboxylic acids is 1. The number of benzene rings is 1. The number of non-ortho nitro benzene ring substituents is 1. The molecule has 0 spiro atoms. The minimum atomic E-state index is -0.442. The maximum absolute atomic E-state index is 12.2. The average molecular weight is 337 g/mol. The molecule has 1 atom stereocenters. The molecule has 1 saturated heterocycles. The second-order valence-corrected chi connectivity index (χ2v) is 5.75. The van der Waals surface area contributed by atoms with Crippen LogP contribution in [0.3, 0.4) is 0 Å². The van der Waals surface area contributed by atoms with E-state index >= 15 is 0 Å². The quantitative estimate of drug-likeness (QED) is 0.594. The van der Waals surface area contributed by atoms with E-state index in [1.165, 1.54) is 12.1 Å². The van der Waals surface area contributed by atoms with E-state index in [0.717, 1.165) is 12.8 Å². The fraction of sp³-hybridized carbons (Fsp3) is 0.562. The predicted octanol–water partition coefficient (Wildman–Crippen LogP) is 1.33. The Labute approximate surface area is 140 Å². The van der Waals surface area contributed by atoms with Crippen molar-refractivity contribution in [2.75, 3.05) is 26.7 Å². The molecule has 1 aliphatic heterocycles. The van der Waals surface area contributed by atoms with Crippen molar-refractivity contribution in [2.24, 2.45) is 5.73 Å². The highest BCUT2D eigenvalue weighted by molar-refractivity contribution is 5.76. The Morgan fingerprint density at radius 2 is 2.00 bits per heavy atom. The van der Waals surface area contributed by atoms with E-state index in [4.69, 9.17) is 15.2 Å². The van der Waals surface area contributed by atoms with Crippen molar-refractivity contribution in [3.63, 3.8) is 0 Å². The number of amides is 1. The lowest BCUT2D eigenvalue weighted by atomic mass is 10.1. The van der Waals surface area contributed by atoms with Crippen molar-refractivity contribution in [1.29, 1.82) is 0 Å². The number of likely N-dealkylation sites (tertiary alicyclic amines) is 1. The van der Waals surface area contributed by atoms with Gasteiger partial charge in [0.25, 0.3) is 5.69 Å². The van der Waals surface area contributed by atoms with Crippen LogP contribution in [0.4, 0.5) is 5.69 Å². The van der Waals surface area contributed by atoms with Crippen LogP contribution in [0, 0.1) is 10.1 Å². The molecule has 1 aromatic rings. The summed E-state index contributed by atoms with van der Waals surface area (Å²) in [5, 5.41) is 10.6. The van der Waals surface area contributed by atoms with Crippen LogP contribution >= 0.6 is 0 Å². The minimum absolute atomic E-state index is 0.00300. The number of hydrogen-bond acceptors (Lipinski definition) is 6. The Kier molecular flexibility index (Phi) is 6.51. The van der Waals surface area contributed by atoms with Crippen LogP contribution in [0.1, 0.15) is 19.3 Å². The van der Waals surface area contributed by atoms with E-state index in [9.17, 15) is 14.9 Å². The van der Waals surface area contributed by atoms with Gasteiger partial charge in [0.2, 0.25) is 5.91 Å². The van der Waals surface area contributed by atoms with Gasteiger partial charge in [0.15, 0.2) is 0 Å². The Morgan fingerprint density at radius 3 is 2.50 bits per heavy atom. The van der Waals surface area contributed by atoms with Gasteiger partial charge < -0.3 is 20.1 Å². The Balaban J connectivity index is 1.80. The topological polar surface area (TPSA) is 108 Å². The number of carbonyl (C=O) groups is 1. The lowest BCUT2D eigenvalue weighted by Gasteiger charge is -2.32. The van der Waals surface area contributed by atoms with E-state index in [2.05, 4.69) is 0 Å². The fourth-order valence-electron chi connectivity index (χ4n) is 2.65. The SMILES string of the molecule is COC(CN)CC(=O)N1CCC(Oc2ccc([N+](=O)[O-])cc2)CC1. The van der Waals surface area contributed by atoms with Crippen LogP contribution in [-0.4, -0.2) is 54.7 Å². The first-order valence-electron chi connectivity index (χ1n) is 7.95. The summed E-state index contributed by atoms with van der Waals surface area (Å²) in [4.78, 5) is 24.2. The van der Waals surface area contributed by atoms with E-state index in [1.807, 2.05) is 0 Å². The molecule has 2 N–H and O–H groups in total. The molecule has 24 heavy (non-hydrogen) atoms. The summed E-state index contributed by atoms with van der Waals surface area (Å²) in [5.74, 6) is 0.647. The first-order chi connectivity index (χ1) is 11.5. The number of rotatable bonds is 7. The van der Waals surface area contributed by atoms with Gasteiger partial charge in [0.05, 0.1) is 17.4 Å². The highest BCUT2D eigenvalue weighted by atomic mass is 16.6. The number of methoxy groups -OCH3 is 1. The standard InChI is InChI=1S/C16H23N3O5/c1-23-15(11-17)10-16(20)18-8-6-14(7-9-18)24-13-4-2-12(3-5-13)19(21)22/h2-5,14-15H,6-11,17H2,1H3. The summed E-state index contributed by atoms with van der Waals surface area (Å²) in [5.41, 5.74) is 5.58. The fourth-order valence-corrected chi connectivity index (χ4v) is 2.65. The molecule has 1 heterocycles. The van der Waals surface area contributed by atoms with E-state index in [1.54, 1.807) is 24.1 Å². The second kappa shape index (κ2) is 8.60. The van der Waals surface area contributed by atoms with Gasteiger partial charge in [-0.05, 0) is 12.1 Å². The number of nitrogens with two attached hydrogens (primary N) is 1. The van der Waals surface area contributed by atoms with Gasteiger partial charge in [-0.25, -0.2) is 0 Å². The Bertz CT molecular complexity index is 551. The second-order valence-electron chi connectivity index (χ2n) is 5.75. The molecule has 2 rings (SSSR count). The molecule has 0 radical (unpaired) electrons. The third-order valence-electron chi connectivity index (χ3n) is 4.14. The number of nitrogens with zero attached hydrogens (tertiary/aromatic N) is 2. The third-order valence-corrected chi connectivity index (χ3v) is 4.14. The van der Waals surface area contributed by atoms with E-state index in [0.29, 0.717) is 31.8 Å². The number of nitro groups is 1. The summed E-state index contributed by atoms with van der Waals surface area (Å²) in [7, 11) is 1.55. The first-order valence-corrected chi connectivity index (χ1v) is 7.95. The molecule has 1 unspecified atom stereocenters. The van der Waals surface area contributed by atoms with Crippen LogP contribution in [0.5, 0.6) is 5.75 Å². The summed E-state index contributed by atoms with van der Waals surface area (Å²) >= 11 is 0. The predicted molar refractivity (Wildman–Crippen MR) is 87.8 cm³/mol. The molecule has 1 aromatic carbocycles. The highest BCUT2D eigenvalue weighted by Crippen LogP contribution is 2.22. The number of ether oxygens (including phenoxy) is 2. The van der Waals surface area contributed by atoms with E-state index in [-0.39, 0.29) is 23.8 Å². The largest absolute Gasteiger partial charge is 0.490 e. The van der Waals surface area contributed by atoms with Crippen LogP contribution in [-0.2, 0) is 9.53 Å². The van der Waals surface area contributed by atoms with Crippen molar-refractivity contribution in [2.45, 2.75) is 31.5 Å². The molecule has 0 aliphatic carbocycles. The van der Waals surface area contributed by atoms with Crippen molar-refractivity contribution in [1.82, 2.24) is 4.90 Å². The molecule has 8 heteroatoms. The smallest absolute Gasteiger partial charge is 0.269 e. The summed E-state index contributed by atoms with van der Waals surface area (Å²) in [6.45, 7) is 1.57. The molecule has 1 amide bonds. The van der Waals surface area contributed by atoms with Crippen molar-refractivity contribution >= 4 is 11.6 Å². The number of piperidine rings is 1. The lowest BCUT2D eigenvalue weighted by Crippen LogP contribution is -2.43. The maximum atomic E-state index is 12.2. The van der Waals surface area contributed by atoms with Gasteiger partial charge in [-0.3, -0.25) is 14.9 Å². The summed E-state index contributed by atoms with van der Waals surface area (Å²) < 4.78 is 11.0. The molecular weight excluding hydrogens is 314 g/mol. The van der Waals surface area contributed by atoms with E-state index < -0.39 is 4.92 Å². The van der Waals surface area contributed by atoms with Crippen LogP contribution in [0.25, 0.3) is 0 Å². The van der Waals surface area contributed by atoms with Crippen LogP contribution in [0.2, 0.25) is 0 Å². The van der Waals surface area contributed by atoms with Gasteiger partial charge in [-0.2, -0.15) is 0 Å².